The Bertz CT molecular complexity index is 1300. The van der Waals surface area contributed by atoms with Crippen molar-refractivity contribution in [1.29, 1.82) is 0 Å². The zero-order valence-corrected chi connectivity index (χ0v) is 15.8. The zero-order valence-electron chi connectivity index (χ0n) is 15.8. The largest absolute Gasteiger partial charge is 0.397 e. The van der Waals surface area contributed by atoms with E-state index in [9.17, 15) is 9.59 Å². The molecular weight excluding hydrogens is 344 g/mol. The third kappa shape index (κ3) is 2.40. The minimum Gasteiger partial charge on any atom is -0.397 e. The molecule has 4 aromatic rings. The highest BCUT2D eigenvalue weighted by molar-refractivity contribution is 5.77. The third-order valence-electron chi connectivity index (χ3n) is 4.75. The highest BCUT2D eigenvalue weighted by Gasteiger charge is 2.21. The lowest BCUT2D eigenvalue weighted by molar-refractivity contribution is 0.484. The van der Waals surface area contributed by atoms with Crippen molar-refractivity contribution in [2.24, 2.45) is 13.0 Å². The van der Waals surface area contributed by atoms with E-state index >= 15 is 0 Å². The molecule has 0 aliphatic rings. The lowest BCUT2D eigenvalue weighted by atomic mass is 10.2. The molecule has 0 spiro atoms. The summed E-state index contributed by atoms with van der Waals surface area (Å²) in [6.07, 6.45) is 1.85. The van der Waals surface area contributed by atoms with Crippen LogP contribution in [0.5, 0.6) is 0 Å². The van der Waals surface area contributed by atoms with Crippen molar-refractivity contribution in [3.05, 3.63) is 57.0 Å². The predicted octanol–water partition coefficient (Wildman–Crippen LogP) is 1.69. The van der Waals surface area contributed by atoms with Gasteiger partial charge in [0.25, 0.3) is 5.56 Å². The summed E-state index contributed by atoms with van der Waals surface area (Å²) < 4.78 is 6.35. The minimum atomic E-state index is -0.357. The Morgan fingerprint density at radius 2 is 1.89 bits per heavy atom. The second kappa shape index (κ2) is 5.87. The summed E-state index contributed by atoms with van der Waals surface area (Å²) in [6.45, 7) is 6.24. The molecule has 0 radical (unpaired) electrons. The summed E-state index contributed by atoms with van der Waals surface area (Å²) in [6, 6.07) is 7.48. The number of para-hydroxylation sites is 2. The lowest BCUT2D eigenvalue weighted by Gasteiger charge is -2.10. The molecule has 0 atom stereocenters. The van der Waals surface area contributed by atoms with Crippen LogP contribution in [-0.4, -0.2) is 23.1 Å². The fraction of sp³-hybridized carbons (Fsp3) is 0.316. The van der Waals surface area contributed by atoms with E-state index in [4.69, 9.17) is 5.73 Å². The Labute approximate surface area is 155 Å². The van der Waals surface area contributed by atoms with Crippen LogP contribution in [0, 0.1) is 12.8 Å². The van der Waals surface area contributed by atoms with Crippen LogP contribution >= 0.6 is 0 Å². The van der Waals surface area contributed by atoms with Gasteiger partial charge in [-0.05, 0) is 25.0 Å². The predicted molar refractivity (Wildman–Crippen MR) is 106 cm³/mol. The molecule has 140 valence electrons. The van der Waals surface area contributed by atoms with Gasteiger partial charge in [-0.3, -0.25) is 22.9 Å². The van der Waals surface area contributed by atoms with E-state index in [1.54, 1.807) is 11.4 Å². The first-order chi connectivity index (χ1) is 12.8. The molecule has 1 aromatic carbocycles. The van der Waals surface area contributed by atoms with E-state index in [2.05, 4.69) is 4.98 Å². The van der Waals surface area contributed by atoms with Gasteiger partial charge in [-0.1, -0.05) is 26.0 Å². The number of rotatable bonds is 3. The van der Waals surface area contributed by atoms with Crippen molar-refractivity contribution in [2.45, 2.75) is 27.3 Å². The molecule has 8 heteroatoms. The van der Waals surface area contributed by atoms with Gasteiger partial charge in [0.15, 0.2) is 11.2 Å². The highest BCUT2D eigenvalue weighted by Crippen LogP contribution is 2.24. The van der Waals surface area contributed by atoms with Crippen LogP contribution < -0.4 is 17.0 Å². The number of fused-ring (bicyclic) bond motifs is 3. The zero-order chi connectivity index (χ0) is 19.5. The Hall–Kier alpha value is -3.29. The van der Waals surface area contributed by atoms with Crippen LogP contribution in [0.15, 0.2) is 40.1 Å². The second-order valence-corrected chi connectivity index (χ2v) is 7.27. The molecule has 0 saturated carbocycles. The third-order valence-corrected chi connectivity index (χ3v) is 4.75. The Morgan fingerprint density at radius 1 is 1.19 bits per heavy atom. The number of aromatic nitrogens is 5. The number of nitrogens with two attached hydrogens (primary N) is 1. The van der Waals surface area contributed by atoms with Crippen molar-refractivity contribution >= 4 is 22.6 Å². The fourth-order valence-electron chi connectivity index (χ4n) is 3.53. The number of imidazole rings is 2. The van der Waals surface area contributed by atoms with Crippen LogP contribution in [0.3, 0.4) is 0 Å². The molecule has 4 rings (SSSR count). The van der Waals surface area contributed by atoms with E-state index in [-0.39, 0.29) is 17.2 Å². The van der Waals surface area contributed by atoms with Crippen molar-refractivity contribution in [2.75, 3.05) is 5.73 Å². The van der Waals surface area contributed by atoms with Gasteiger partial charge >= 0.3 is 5.69 Å². The number of nitrogens with zero attached hydrogens (tertiary/aromatic N) is 5. The molecule has 0 saturated heterocycles. The van der Waals surface area contributed by atoms with Gasteiger partial charge in [0, 0.05) is 25.5 Å². The summed E-state index contributed by atoms with van der Waals surface area (Å²) in [5.74, 6) is 0.724. The first kappa shape index (κ1) is 17.1. The molecule has 3 heterocycles. The number of anilines is 1. The number of hydrogen-bond donors (Lipinski definition) is 1. The number of benzene rings is 1. The topological polar surface area (TPSA) is 92.2 Å². The van der Waals surface area contributed by atoms with Crippen LogP contribution in [-0.2, 0) is 13.6 Å². The van der Waals surface area contributed by atoms with Crippen LogP contribution in [0.4, 0.5) is 5.69 Å². The fourth-order valence-corrected chi connectivity index (χ4v) is 3.53. The first-order valence-corrected chi connectivity index (χ1v) is 8.86. The Morgan fingerprint density at radius 3 is 2.56 bits per heavy atom. The van der Waals surface area contributed by atoms with Gasteiger partial charge in [-0.15, -0.1) is 0 Å². The van der Waals surface area contributed by atoms with E-state index < -0.39 is 0 Å². The normalized spacial score (nSPS) is 11.9. The van der Waals surface area contributed by atoms with Crippen molar-refractivity contribution in [3.63, 3.8) is 0 Å². The molecule has 0 fully saturated rings. The number of aryl methyl sites for hydroxylation is 2. The summed E-state index contributed by atoms with van der Waals surface area (Å²) in [7, 11) is 1.64. The molecule has 0 bridgehead atoms. The highest BCUT2D eigenvalue weighted by atomic mass is 16.2. The van der Waals surface area contributed by atoms with E-state index in [1.165, 1.54) is 9.13 Å². The molecule has 0 amide bonds. The molecular formula is C19H22N6O2. The standard InChI is InChI=1S/C19H22N6O2/c1-11(2)9-24-17(26)15-16(22(4)19(24)27)21-18-23(15)10-12(3)25(18)14-8-6-5-7-13(14)20/h5-8,10-11H,9,20H2,1-4H3. The van der Waals surface area contributed by atoms with Gasteiger partial charge in [0.1, 0.15) is 0 Å². The molecule has 0 unspecified atom stereocenters. The van der Waals surface area contributed by atoms with Gasteiger partial charge < -0.3 is 5.73 Å². The number of hydrogen-bond acceptors (Lipinski definition) is 4. The monoisotopic (exact) mass is 366 g/mol. The average molecular weight is 366 g/mol. The van der Waals surface area contributed by atoms with Gasteiger partial charge in [-0.25, -0.2) is 4.79 Å². The summed E-state index contributed by atoms with van der Waals surface area (Å²) >= 11 is 0. The SMILES string of the molecule is Cc1cn2c3c(=O)n(CC(C)C)c(=O)n(C)c3nc2n1-c1ccccc1N. The summed E-state index contributed by atoms with van der Waals surface area (Å²) in [5.41, 5.74) is 8.51. The molecule has 8 nitrogen and oxygen atoms in total. The summed E-state index contributed by atoms with van der Waals surface area (Å²) in [5, 5.41) is 0. The van der Waals surface area contributed by atoms with E-state index in [1.807, 2.05) is 55.8 Å². The maximum Gasteiger partial charge on any atom is 0.332 e. The maximum atomic E-state index is 13.1. The maximum absolute atomic E-state index is 13.1. The van der Waals surface area contributed by atoms with E-state index in [0.717, 1.165) is 11.4 Å². The Balaban J connectivity index is 2.15. The van der Waals surface area contributed by atoms with E-state index in [0.29, 0.717) is 29.2 Å². The van der Waals surface area contributed by atoms with Crippen LogP contribution in [0.1, 0.15) is 19.5 Å². The second-order valence-electron chi connectivity index (χ2n) is 7.27. The quantitative estimate of drug-likeness (QED) is 0.559. The van der Waals surface area contributed by atoms with Crippen molar-refractivity contribution in [3.8, 4) is 5.69 Å². The lowest BCUT2D eigenvalue weighted by Crippen LogP contribution is -2.40. The van der Waals surface area contributed by atoms with Crippen LogP contribution in [0.25, 0.3) is 22.6 Å². The average Bonchev–Trinajstić information content (AvgIpc) is 3.12. The minimum absolute atomic E-state index is 0.173. The van der Waals surface area contributed by atoms with Gasteiger partial charge in [-0.2, -0.15) is 4.98 Å². The van der Waals surface area contributed by atoms with Crippen LogP contribution in [0.2, 0.25) is 0 Å². The van der Waals surface area contributed by atoms with Gasteiger partial charge in [0.05, 0.1) is 11.4 Å². The van der Waals surface area contributed by atoms with Crippen molar-refractivity contribution < 1.29 is 0 Å². The Kier molecular flexibility index (Phi) is 3.73. The molecule has 3 aromatic heterocycles. The molecule has 2 N–H and O–H groups in total. The van der Waals surface area contributed by atoms with Gasteiger partial charge in [0.2, 0.25) is 5.78 Å². The summed E-state index contributed by atoms with van der Waals surface area (Å²) in [4.78, 5) is 30.4. The first-order valence-electron chi connectivity index (χ1n) is 8.86. The van der Waals surface area contributed by atoms with Crippen molar-refractivity contribution in [1.82, 2.24) is 23.1 Å². The molecule has 0 aliphatic carbocycles. The molecule has 0 aliphatic heterocycles. The number of nitrogen functional groups attached to an aromatic ring is 1. The smallest absolute Gasteiger partial charge is 0.332 e. The molecule has 27 heavy (non-hydrogen) atoms.